The molecule has 0 fully saturated rings. The summed E-state index contributed by atoms with van der Waals surface area (Å²) in [5.41, 5.74) is 2.63. The first-order chi connectivity index (χ1) is 10.6. The quantitative estimate of drug-likeness (QED) is 0.629. The molecule has 0 saturated heterocycles. The molecule has 0 atom stereocenters. The van der Waals surface area contributed by atoms with Crippen LogP contribution >= 0.6 is 0 Å². The number of ether oxygens (including phenoxy) is 1. The number of aromatic nitrogens is 2. The number of benzene rings is 1. The van der Waals surface area contributed by atoms with Gasteiger partial charge in [-0.2, -0.15) is 0 Å². The van der Waals surface area contributed by atoms with E-state index in [-0.39, 0.29) is 12.2 Å². The van der Waals surface area contributed by atoms with E-state index in [1.165, 1.54) is 4.68 Å². The lowest BCUT2D eigenvalue weighted by Gasteiger charge is -2.03. The molecule has 6 nitrogen and oxygen atoms in total. The van der Waals surface area contributed by atoms with Crippen LogP contribution in [0.4, 0.5) is 0 Å². The number of rotatable bonds is 6. The molecule has 0 bridgehead atoms. The molecule has 2 aromatic rings. The van der Waals surface area contributed by atoms with Gasteiger partial charge in [-0.05, 0) is 44.5 Å². The zero-order valence-corrected chi connectivity index (χ0v) is 13.1. The van der Waals surface area contributed by atoms with Crippen molar-refractivity contribution in [2.45, 2.75) is 20.3 Å². The number of methoxy groups -OCH3 is 1. The third kappa shape index (κ3) is 3.28. The van der Waals surface area contributed by atoms with E-state index in [4.69, 9.17) is 9.84 Å². The van der Waals surface area contributed by atoms with E-state index in [0.717, 1.165) is 17.1 Å². The van der Waals surface area contributed by atoms with E-state index in [9.17, 15) is 4.79 Å². The van der Waals surface area contributed by atoms with E-state index < -0.39 is 0 Å². The first-order valence-electron chi connectivity index (χ1n) is 7.16. The molecule has 0 amide bonds. The Hall–Kier alpha value is -2.34. The van der Waals surface area contributed by atoms with E-state index in [2.05, 4.69) is 10.1 Å². The molecule has 0 radical (unpaired) electrons. The number of hydrogen-bond acceptors (Lipinski definition) is 4. The number of aliphatic hydroxyl groups excluding tert-OH is 1. The highest BCUT2D eigenvalue weighted by Gasteiger charge is 2.14. The molecular weight excluding hydrogens is 282 g/mol. The molecule has 2 rings (SSSR count). The lowest BCUT2D eigenvalue weighted by Crippen LogP contribution is -2.19. The Balaban J connectivity index is 2.37. The number of nitrogens with zero attached hydrogens (tertiary/aromatic N) is 2. The van der Waals surface area contributed by atoms with Crippen molar-refractivity contribution in [2.75, 3.05) is 20.3 Å². The van der Waals surface area contributed by atoms with Crippen molar-refractivity contribution < 1.29 is 9.84 Å². The van der Waals surface area contributed by atoms with Gasteiger partial charge in [0.1, 0.15) is 5.75 Å². The van der Waals surface area contributed by atoms with Gasteiger partial charge in [0.25, 0.3) is 5.56 Å². The van der Waals surface area contributed by atoms with Gasteiger partial charge < -0.3 is 9.84 Å². The van der Waals surface area contributed by atoms with Crippen molar-refractivity contribution >= 4 is 5.71 Å². The number of nitrogens with one attached hydrogen (secondary N) is 1. The second-order valence-corrected chi connectivity index (χ2v) is 4.99. The minimum Gasteiger partial charge on any atom is -0.497 e. The lowest BCUT2D eigenvalue weighted by molar-refractivity contribution is 0.291. The van der Waals surface area contributed by atoms with E-state index in [1.807, 2.05) is 26.0 Å². The summed E-state index contributed by atoms with van der Waals surface area (Å²) in [5, 5.41) is 11.9. The van der Waals surface area contributed by atoms with Gasteiger partial charge in [0, 0.05) is 24.6 Å². The van der Waals surface area contributed by atoms with Crippen molar-refractivity contribution in [1.29, 1.82) is 0 Å². The Morgan fingerprint density at radius 2 is 2.05 bits per heavy atom. The maximum atomic E-state index is 12.6. The van der Waals surface area contributed by atoms with Crippen LogP contribution in [0.5, 0.6) is 5.75 Å². The maximum Gasteiger partial charge on any atom is 0.280 e. The summed E-state index contributed by atoms with van der Waals surface area (Å²) < 4.78 is 6.62. The van der Waals surface area contributed by atoms with Crippen LogP contribution in [0, 0.1) is 6.92 Å². The SMILES string of the molecule is COc1ccc(-n2[nH]c(C)c(C(C)=NCCCO)c2=O)cc1. The molecule has 0 unspecified atom stereocenters. The molecular formula is C16H21N3O3. The van der Waals surface area contributed by atoms with E-state index >= 15 is 0 Å². The minimum atomic E-state index is -0.132. The molecule has 1 aromatic carbocycles. The number of aromatic amines is 1. The summed E-state index contributed by atoms with van der Waals surface area (Å²) in [7, 11) is 1.60. The summed E-state index contributed by atoms with van der Waals surface area (Å²) in [6.45, 7) is 4.27. The van der Waals surface area contributed by atoms with Crippen molar-refractivity contribution in [3.05, 3.63) is 45.9 Å². The Morgan fingerprint density at radius 3 is 2.64 bits per heavy atom. The predicted molar refractivity (Wildman–Crippen MR) is 86.5 cm³/mol. The zero-order chi connectivity index (χ0) is 16.1. The number of H-pyrrole nitrogens is 1. The van der Waals surface area contributed by atoms with Crippen LogP contribution < -0.4 is 10.3 Å². The van der Waals surface area contributed by atoms with Gasteiger partial charge in [0.05, 0.1) is 18.4 Å². The molecule has 6 heteroatoms. The molecule has 1 heterocycles. The highest BCUT2D eigenvalue weighted by Crippen LogP contribution is 2.14. The molecule has 1 aromatic heterocycles. The average Bonchev–Trinajstić information content (AvgIpc) is 2.82. The molecule has 0 aliphatic rings. The van der Waals surface area contributed by atoms with E-state index in [1.54, 1.807) is 19.2 Å². The summed E-state index contributed by atoms with van der Waals surface area (Å²) in [4.78, 5) is 16.9. The van der Waals surface area contributed by atoms with Gasteiger partial charge in [-0.3, -0.25) is 14.9 Å². The van der Waals surface area contributed by atoms with Crippen LogP contribution in [0.25, 0.3) is 5.69 Å². The monoisotopic (exact) mass is 303 g/mol. The minimum absolute atomic E-state index is 0.0962. The highest BCUT2D eigenvalue weighted by molar-refractivity contribution is 5.99. The largest absolute Gasteiger partial charge is 0.497 e. The number of aryl methyl sites for hydroxylation is 1. The Kier molecular flexibility index (Phi) is 5.16. The molecule has 0 saturated carbocycles. The average molecular weight is 303 g/mol. The van der Waals surface area contributed by atoms with Crippen LogP contribution in [0.3, 0.4) is 0 Å². The summed E-state index contributed by atoms with van der Waals surface area (Å²) in [6.07, 6.45) is 0.591. The molecule has 2 N–H and O–H groups in total. The third-order valence-electron chi connectivity index (χ3n) is 3.43. The number of aliphatic hydroxyl groups is 1. The van der Waals surface area contributed by atoms with Crippen LogP contribution in [0.2, 0.25) is 0 Å². The van der Waals surface area contributed by atoms with Gasteiger partial charge >= 0.3 is 0 Å². The molecule has 22 heavy (non-hydrogen) atoms. The second kappa shape index (κ2) is 7.09. The van der Waals surface area contributed by atoms with E-state index in [0.29, 0.717) is 24.2 Å². The van der Waals surface area contributed by atoms with Gasteiger partial charge in [0.2, 0.25) is 0 Å². The molecule has 0 aliphatic carbocycles. The summed E-state index contributed by atoms with van der Waals surface area (Å²) >= 11 is 0. The molecule has 118 valence electrons. The van der Waals surface area contributed by atoms with Gasteiger partial charge in [0.15, 0.2) is 0 Å². The van der Waals surface area contributed by atoms with Gasteiger partial charge in [-0.25, -0.2) is 4.68 Å². The van der Waals surface area contributed by atoms with Crippen molar-refractivity contribution in [3.8, 4) is 11.4 Å². The zero-order valence-electron chi connectivity index (χ0n) is 13.1. The fourth-order valence-corrected chi connectivity index (χ4v) is 2.28. The van der Waals surface area contributed by atoms with Crippen molar-refractivity contribution in [3.63, 3.8) is 0 Å². The fourth-order valence-electron chi connectivity index (χ4n) is 2.28. The molecule has 0 aliphatic heterocycles. The smallest absolute Gasteiger partial charge is 0.280 e. The normalized spacial score (nSPS) is 11.7. The molecule has 0 spiro atoms. The Bertz CT molecular complexity index is 711. The number of aliphatic imine (C=N–C) groups is 1. The standard InChI is InChI=1S/C16H21N3O3/c1-11(17-9-4-10-20)15-12(2)18-19(16(15)21)13-5-7-14(22-3)8-6-13/h5-8,18,20H,4,9-10H2,1-3H3. The topological polar surface area (TPSA) is 79.6 Å². The van der Waals surface area contributed by atoms with Crippen LogP contribution in [-0.2, 0) is 0 Å². The second-order valence-electron chi connectivity index (χ2n) is 4.99. The van der Waals surface area contributed by atoms with Crippen LogP contribution in [-0.4, -0.2) is 40.9 Å². The maximum absolute atomic E-state index is 12.6. The predicted octanol–water partition coefficient (Wildman–Crippen LogP) is 1.67. The Morgan fingerprint density at radius 1 is 1.36 bits per heavy atom. The van der Waals surface area contributed by atoms with Gasteiger partial charge in [-0.1, -0.05) is 0 Å². The highest BCUT2D eigenvalue weighted by atomic mass is 16.5. The first kappa shape index (κ1) is 16.0. The first-order valence-corrected chi connectivity index (χ1v) is 7.16. The van der Waals surface area contributed by atoms with Crippen LogP contribution in [0.1, 0.15) is 24.6 Å². The van der Waals surface area contributed by atoms with Gasteiger partial charge in [-0.15, -0.1) is 0 Å². The van der Waals surface area contributed by atoms with Crippen molar-refractivity contribution in [2.24, 2.45) is 4.99 Å². The Labute approximate surface area is 129 Å². The third-order valence-corrected chi connectivity index (χ3v) is 3.43. The summed E-state index contributed by atoms with van der Waals surface area (Å²) in [5.74, 6) is 0.738. The van der Waals surface area contributed by atoms with Crippen molar-refractivity contribution in [1.82, 2.24) is 9.78 Å². The lowest BCUT2D eigenvalue weighted by atomic mass is 10.2. The number of hydrogen-bond donors (Lipinski definition) is 2. The van der Waals surface area contributed by atoms with Crippen LogP contribution in [0.15, 0.2) is 34.1 Å². The fraction of sp³-hybridized carbons (Fsp3) is 0.375. The summed E-state index contributed by atoms with van der Waals surface area (Å²) in [6, 6.07) is 7.25.